The van der Waals surface area contributed by atoms with Crippen LogP contribution in [-0.4, -0.2) is 11.8 Å². The van der Waals surface area contributed by atoms with Crippen LogP contribution >= 0.6 is 11.8 Å². The number of thioether (sulfide) groups is 1. The lowest BCUT2D eigenvalue weighted by Crippen LogP contribution is -2.09. The Hall–Kier alpha value is -1.22. The molecule has 2 rings (SSSR count). The fraction of sp³-hybridized carbons (Fsp3) is 0.100. The molecule has 1 heterocycles. The van der Waals surface area contributed by atoms with Crippen molar-refractivity contribution in [1.82, 2.24) is 5.32 Å². The van der Waals surface area contributed by atoms with Crippen LogP contribution in [-0.2, 0) is 0 Å². The molecule has 1 aliphatic rings. The second kappa shape index (κ2) is 3.66. The first kappa shape index (κ1) is 8.38. The lowest BCUT2D eigenvalue weighted by atomic mass is 10.2. The molecule has 1 aromatic carbocycles. The second-order valence-corrected chi connectivity index (χ2v) is 3.86. The minimum atomic E-state index is 0.0437. The molecule has 1 saturated heterocycles. The van der Waals surface area contributed by atoms with E-state index >= 15 is 0 Å². The third-order valence-electron chi connectivity index (χ3n) is 1.76. The molecule has 0 bridgehead atoms. The molecular formula is C10H9NOS. The summed E-state index contributed by atoms with van der Waals surface area (Å²) in [6.45, 7) is 0.665. The van der Waals surface area contributed by atoms with Crippen molar-refractivity contribution in [1.29, 1.82) is 0 Å². The monoisotopic (exact) mass is 191 g/mol. The second-order valence-electron chi connectivity index (χ2n) is 2.76. The van der Waals surface area contributed by atoms with Gasteiger partial charge in [-0.15, -0.1) is 0 Å². The zero-order chi connectivity index (χ0) is 9.10. The van der Waals surface area contributed by atoms with Gasteiger partial charge in [0.05, 0.1) is 6.54 Å². The summed E-state index contributed by atoms with van der Waals surface area (Å²) in [4.78, 5) is 11.9. The molecule has 0 spiro atoms. The van der Waals surface area contributed by atoms with Gasteiger partial charge in [-0.1, -0.05) is 30.3 Å². The average molecular weight is 191 g/mol. The van der Waals surface area contributed by atoms with E-state index < -0.39 is 0 Å². The Bertz CT molecular complexity index is 345. The lowest BCUT2D eigenvalue weighted by Gasteiger charge is -1.93. The van der Waals surface area contributed by atoms with Crippen LogP contribution in [0.15, 0.2) is 35.2 Å². The summed E-state index contributed by atoms with van der Waals surface area (Å²) in [6, 6.07) is 10.0. The first-order valence-corrected chi connectivity index (χ1v) is 4.87. The third-order valence-corrected chi connectivity index (χ3v) is 2.61. The van der Waals surface area contributed by atoms with E-state index in [2.05, 4.69) is 5.32 Å². The zero-order valence-electron chi connectivity index (χ0n) is 6.99. The number of carbonyl (C=O) groups excluding carboxylic acids is 1. The molecule has 13 heavy (non-hydrogen) atoms. The van der Waals surface area contributed by atoms with Crippen LogP contribution in [0.3, 0.4) is 0 Å². The third kappa shape index (κ3) is 2.12. The van der Waals surface area contributed by atoms with Gasteiger partial charge in [-0.25, -0.2) is 0 Å². The van der Waals surface area contributed by atoms with Crippen LogP contribution in [0, 0.1) is 0 Å². The van der Waals surface area contributed by atoms with Gasteiger partial charge in [0.25, 0.3) is 5.24 Å². The summed E-state index contributed by atoms with van der Waals surface area (Å²) in [7, 11) is 0. The van der Waals surface area contributed by atoms with E-state index in [-0.39, 0.29) is 5.24 Å². The largest absolute Gasteiger partial charge is 0.342 e. The van der Waals surface area contributed by atoms with Gasteiger partial charge in [0.2, 0.25) is 0 Å². The highest BCUT2D eigenvalue weighted by molar-refractivity contribution is 8.17. The van der Waals surface area contributed by atoms with Crippen molar-refractivity contribution in [3.05, 3.63) is 40.8 Å². The van der Waals surface area contributed by atoms with Crippen LogP contribution in [0.2, 0.25) is 0 Å². The maximum absolute atomic E-state index is 10.9. The van der Waals surface area contributed by atoms with Crippen LogP contribution in [0.5, 0.6) is 0 Å². The van der Waals surface area contributed by atoms with Gasteiger partial charge in [-0.3, -0.25) is 4.79 Å². The number of hydrogen-bond donors (Lipinski definition) is 1. The molecule has 0 radical (unpaired) electrons. The molecule has 1 aliphatic heterocycles. The van der Waals surface area contributed by atoms with E-state index in [1.165, 1.54) is 11.8 Å². The van der Waals surface area contributed by atoms with Crippen molar-refractivity contribution < 1.29 is 4.79 Å². The van der Waals surface area contributed by atoms with Crippen molar-refractivity contribution in [3.63, 3.8) is 0 Å². The van der Waals surface area contributed by atoms with E-state index in [4.69, 9.17) is 0 Å². The number of rotatable bonds is 1. The minimum Gasteiger partial charge on any atom is -0.342 e. The quantitative estimate of drug-likeness (QED) is 0.738. The Morgan fingerprint density at radius 2 is 2.08 bits per heavy atom. The molecule has 1 amide bonds. The fourth-order valence-corrected chi connectivity index (χ4v) is 1.89. The Morgan fingerprint density at radius 1 is 1.31 bits per heavy atom. The number of carbonyl (C=O) groups is 1. The van der Waals surface area contributed by atoms with Crippen LogP contribution in [0.4, 0.5) is 4.79 Å². The summed E-state index contributed by atoms with van der Waals surface area (Å²) >= 11 is 1.27. The van der Waals surface area contributed by atoms with Crippen LogP contribution < -0.4 is 5.32 Å². The summed E-state index contributed by atoms with van der Waals surface area (Å²) in [5.74, 6) is 0. The Balaban J connectivity index is 2.17. The number of nitrogens with one attached hydrogen (secondary N) is 1. The molecule has 0 saturated carbocycles. The first-order chi connectivity index (χ1) is 6.34. The molecule has 0 aromatic heterocycles. The smallest absolute Gasteiger partial charge is 0.283 e. The highest BCUT2D eigenvalue weighted by atomic mass is 32.2. The molecule has 66 valence electrons. The number of benzene rings is 1. The molecule has 3 heteroatoms. The Kier molecular flexibility index (Phi) is 2.36. The average Bonchev–Trinajstić information content (AvgIpc) is 2.53. The Labute approximate surface area is 81.0 Å². The SMILES string of the molecule is O=C1NCC(=Cc2ccccc2)S1. The molecule has 1 fully saturated rings. The summed E-state index contributed by atoms with van der Waals surface area (Å²) in [5.41, 5.74) is 1.14. The normalized spacial score (nSPS) is 19.1. The predicted octanol–water partition coefficient (Wildman–Crippen LogP) is 2.48. The molecule has 0 aliphatic carbocycles. The molecular weight excluding hydrogens is 182 g/mol. The van der Waals surface area contributed by atoms with Crippen molar-refractivity contribution in [2.24, 2.45) is 0 Å². The van der Waals surface area contributed by atoms with E-state index in [9.17, 15) is 4.79 Å². The van der Waals surface area contributed by atoms with Gasteiger partial charge in [0.1, 0.15) is 0 Å². The first-order valence-electron chi connectivity index (χ1n) is 4.06. The van der Waals surface area contributed by atoms with Crippen molar-refractivity contribution >= 4 is 23.1 Å². The van der Waals surface area contributed by atoms with Gasteiger partial charge in [-0.2, -0.15) is 0 Å². The maximum Gasteiger partial charge on any atom is 0.283 e. The van der Waals surface area contributed by atoms with Crippen molar-refractivity contribution in [2.75, 3.05) is 6.54 Å². The van der Waals surface area contributed by atoms with Gasteiger partial charge < -0.3 is 5.32 Å². The van der Waals surface area contributed by atoms with E-state index in [0.29, 0.717) is 6.54 Å². The Morgan fingerprint density at radius 3 is 2.69 bits per heavy atom. The predicted molar refractivity (Wildman–Crippen MR) is 55.4 cm³/mol. The highest BCUT2D eigenvalue weighted by Crippen LogP contribution is 2.23. The highest BCUT2D eigenvalue weighted by Gasteiger charge is 2.14. The van der Waals surface area contributed by atoms with Crippen molar-refractivity contribution in [2.45, 2.75) is 0 Å². The standard InChI is InChI=1S/C10H9NOS/c12-10-11-7-9(13-10)6-8-4-2-1-3-5-8/h1-6H,7H2,(H,11,12). The summed E-state index contributed by atoms with van der Waals surface area (Å²) in [6.07, 6.45) is 2.03. The van der Waals surface area contributed by atoms with Crippen LogP contribution in [0.1, 0.15) is 5.56 Å². The van der Waals surface area contributed by atoms with Gasteiger partial charge in [0, 0.05) is 4.91 Å². The van der Waals surface area contributed by atoms with E-state index in [1.54, 1.807) is 0 Å². The molecule has 0 unspecified atom stereocenters. The topological polar surface area (TPSA) is 29.1 Å². The van der Waals surface area contributed by atoms with Gasteiger partial charge >= 0.3 is 0 Å². The van der Waals surface area contributed by atoms with E-state index in [0.717, 1.165) is 10.5 Å². The summed E-state index contributed by atoms with van der Waals surface area (Å²) in [5, 5.41) is 2.79. The molecule has 1 aromatic rings. The van der Waals surface area contributed by atoms with Crippen molar-refractivity contribution in [3.8, 4) is 0 Å². The minimum absolute atomic E-state index is 0.0437. The van der Waals surface area contributed by atoms with Gasteiger partial charge in [-0.05, 0) is 23.4 Å². The maximum atomic E-state index is 10.9. The number of hydrogen-bond acceptors (Lipinski definition) is 2. The van der Waals surface area contributed by atoms with Gasteiger partial charge in [0.15, 0.2) is 0 Å². The van der Waals surface area contributed by atoms with Crippen LogP contribution in [0.25, 0.3) is 6.08 Å². The molecule has 1 N–H and O–H groups in total. The summed E-state index contributed by atoms with van der Waals surface area (Å²) < 4.78 is 0. The fourth-order valence-electron chi connectivity index (χ4n) is 1.17. The lowest BCUT2D eigenvalue weighted by molar-refractivity contribution is 0.262. The van der Waals surface area contributed by atoms with E-state index in [1.807, 2.05) is 36.4 Å². The molecule has 0 atom stereocenters. The number of amides is 1. The molecule has 2 nitrogen and oxygen atoms in total. The zero-order valence-corrected chi connectivity index (χ0v) is 7.80.